The second kappa shape index (κ2) is 10.9. The topological polar surface area (TPSA) is 89.3 Å². The van der Waals surface area contributed by atoms with Gasteiger partial charge in [0.15, 0.2) is 17.4 Å². The average molecular weight is 512 g/mol. The zero-order chi connectivity index (χ0) is 26.0. The molecule has 1 fully saturated rings. The highest BCUT2D eigenvalue weighted by Crippen LogP contribution is 2.30. The van der Waals surface area contributed by atoms with Crippen molar-refractivity contribution in [2.45, 2.75) is 53.5 Å². The number of nitrogens with one attached hydrogen (secondary N) is 1. The lowest BCUT2D eigenvalue weighted by atomic mass is 9.92. The van der Waals surface area contributed by atoms with Gasteiger partial charge in [-0.3, -0.25) is 9.59 Å². The molecule has 3 aromatic rings. The number of ether oxygens (including phenoxy) is 1. The summed E-state index contributed by atoms with van der Waals surface area (Å²) in [6, 6.07) is 7.31. The molecule has 8 nitrogen and oxygen atoms in total. The van der Waals surface area contributed by atoms with Crippen LogP contribution < -0.4 is 20.5 Å². The minimum atomic E-state index is -0.254. The van der Waals surface area contributed by atoms with E-state index in [1.54, 1.807) is 23.8 Å². The number of carbonyl (C=O) groups is 1. The summed E-state index contributed by atoms with van der Waals surface area (Å²) in [4.78, 5) is 36.2. The van der Waals surface area contributed by atoms with Crippen molar-refractivity contribution in [3.63, 3.8) is 0 Å². The Hall–Kier alpha value is -3.13. The molecule has 2 aromatic heterocycles. The molecule has 0 unspecified atom stereocenters. The normalized spacial score (nSPS) is 18.0. The number of hydrogen-bond donors (Lipinski definition) is 1. The van der Waals surface area contributed by atoms with Crippen LogP contribution in [0.2, 0.25) is 5.02 Å². The highest BCUT2D eigenvalue weighted by Gasteiger charge is 2.24. The fraction of sp³-hybridized carbons (Fsp3) is 0.481. The summed E-state index contributed by atoms with van der Waals surface area (Å²) >= 11 is 6.45. The first kappa shape index (κ1) is 25.9. The second-order valence-electron chi connectivity index (χ2n) is 10.1. The van der Waals surface area contributed by atoms with Gasteiger partial charge in [-0.25, -0.2) is 4.98 Å². The number of Topliss-reactive ketones (excluding diaryl/α,β-unsaturated/α-hetero) is 1. The molecule has 2 atom stereocenters. The number of nitrogens with zero attached hydrogens (tertiary/aromatic N) is 4. The van der Waals surface area contributed by atoms with Crippen LogP contribution in [0.1, 0.15) is 53.5 Å². The Balaban J connectivity index is 1.67. The summed E-state index contributed by atoms with van der Waals surface area (Å²) in [7, 11) is 0. The standard InChI is InChI=1S/C27H34ClN5O3/c1-6-21(34)15-36-24-11-19-10-20(7-8-23(19)33(16(2)3)26(24)35)30-25-22(28)12-29-27(31-25)32-13-17(4)9-18(5)14-32/h7-8,10-12,16-18H,6,9,13-15H2,1-5H3,(H,29,30,31)/t17-,18+. The lowest BCUT2D eigenvalue weighted by Gasteiger charge is -2.35. The number of piperidine rings is 1. The molecule has 0 bridgehead atoms. The van der Waals surface area contributed by atoms with Crippen molar-refractivity contribution in [1.29, 1.82) is 0 Å². The number of benzene rings is 1. The molecule has 0 spiro atoms. The van der Waals surface area contributed by atoms with Crippen LogP contribution in [0.4, 0.5) is 17.5 Å². The molecular weight excluding hydrogens is 478 g/mol. The first-order chi connectivity index (χ1) is 17.2. The zero-order valence-electron chi connectivity index (χ0n) is 21.5. The number of anilines is 3. The molecule has 36 heavy (non-hydrogen) atoms. The maximum absolute atomic E-state index is 13.1. The molecule has 1 aliphatic rings. The highest BCUT2D eigenvalue weighted by atomic mass is 35.5. The number of carbonyl (C=O) groups excluding carboxylic acids is 1. The van der Waals surface area contributed by atoms with Crippen LogP contribution in [0.15, 0.2) is 35.3 Å². The van der Waals surface area contributed by atoms with Crippen molar-refractivity contribution in [1.82, 2.24) is 14.5 Å². The molecule has 1 saturated heterocycles. The Kier molecular flexibility index (Phi) is 7.83. The molecule has 1 N–H and O–H groups in total. The van der Waals surface area contributed by atoms with Crippen molar-refractivity contribution in [3.05, 3.63) is 45.8 Å². The Morgan fingerprint density at radius 1 is 1.22 bits per heavy atom. The van der Waals surface area contributed by atoms with Gasteiger partial charge < -0.3 is 19.5 Å². The molecule has 9 heteroatoms. The van der Waals surface area contributed by atoms with E-state index in [0.717, 1.165) is 29.7 Å². The molecule has 192 valence electrons. The minimum Gasteiger partial charge on any atom is -0.480 e. The van der Waals surface area contributed by atoms with E-state index in [1.807, 2.05) is 32.0 Å². The van der Waals surface area contributed by atoms with E-state index < -0.39 is 0 Å². The third-order valence-electron chi connectivity index (χ3n) is 6.45. The van der Waals surface area contributed by atoms with Gasteiger partial charge in [0.25, 0.3) is 5.56 Å². The summed E-state index contributed by atoms with van der Waals surface area (Å²) in [5.41, 5.74) is 1.29. The maximum Gasteiger partial charge on any atom is 0.293 e. The summed E-state index contributed by atoms with van der Waals surface area (Å²) in [5.74, 6) is 2.43. The Morgan fingerprint density at radius 2 is 1.94 bits per heavy atom. The van der Waals surface area contributed by atoms with Crippen molar-refractivity contribution in [2.24, 2.45) is 11.8 Å². The molecule has 1 aromatic carbocycles. The van der Waals surface area contributed by atoms with Crippen LogP contribution in [-0.2, 0) is 4.79 Å². The predicted molar refractivity (Wildman–Crippen MR) is 145 cm³/mol. The third-order valence-corrected chi connectivity index (χ3v) is 6.73. The van der Waals surface area contributed by atoms with Crippen LogP contribution in [0.3, 0.4) is 0 Å². The first-order valence-electron chi connectivity index (χ1n) is 12.5. The minimum absolute atomic E-state index is 0.0623. The maximum atomic E-state index is 13.1. The molecule has 0 saturated carbocycles. The molecule has 0 aliphatic carbocycles. The zero-order valence-corrected chi connectivity index (χ0v) is 22.3. The van der Waals surface area contributed by atoms with E-state index in [-0.39, 0.29) is 29.7 Å². The van der Waals surface area contributed by atoms with Crippen LogP contribution in [-0.4, -0.2) is 40.0 Å². The molecule has 4 rings (SSSR count). The summed E-state index contributed by atoms with van der Waals surface area (Å²) in [6.45, 7) is 11.9. The van der Waals surface area contributed by atoms with Crippen molar-refractivity contribution in [2.75, 3.05) is 29.9 Å². The Bertz CT molecular complexity index is 1310. The van der Waals surface area contributed by atoms with E-state index in [0.29, 0.717) is 35.0 Å². The molecule has 0 radical (unpaired) electrons. The lowest BCUT2D eigenvalue weighted by Crippen LogP contribution is -2.39. The smallest absolute Gasteiger partial charge is 0.293 e. The van der Waals surface area contributed by atoms with Gasteiger partial charge in [-0.05, 0) is 56.4 Å². The first-order valence-corrected chi connectivity index (χ1v) is 12.9. The summed E-state index contributed by atoms with van der Waals surface area (Å²) < 4.78 is 7.30. The van der Waals surface area contributed by atoms with Gasteiger partial charge in [0.05, 0.1) is 11.7 Å². The van der Waals surface area contributed by atoms with Gasteiger partial charge in [-0.2, -0.15) is 4.98 Å². The van der Waals surface area contributed by atoms with E-state index in [1.165, 1.54) is 6.42 Å². The van der Waals surface area contributed by atoms with Gasteiger partial charge in [0, 0.05) is 36.6 Å². The fourth-order valence-corrected chi connectivity index (χ4v) is 4.97. The lowest BCUT2D eigenvalue weighted by molar-refractivity contribution is -0.120. The average Bonchev–Trinajstić information content (AvgIpc) is 2.83. The second-order valence-corrected chi connectivity index (χ2v) is 10.5. The largest absolute Gasteiger partial charge is 0.480 e. The van der Waals surface area contributed by atoms with Gasteiger partial charge in [-0.15, -0.1) is 0 Å². The summed E-state index contributed by atoms with van der Waals surface area (Å²) in [6.07, 6.45) is 3.19. The number of pyridine rings is 1. The number of fused-ring (bicyclic) bond motifs is 1. The van der Waals surface area contributed by atoms with E-state index in [4.69, 9.17) is 21.3 Å². The molecular formula is C27H34ClN5O3. The monoisotopic (exact) mass is 511 g/mol. The van der Waals surface area contributed by atoms with Crippen LogP contribution in [0.5, 0.6) is 5.75 Å². The molecule has 3 heterocycles. The number of halogens is 1. The SMILES string of the molecule is CCC(=O)COc1cc2cc(Nc3nc(N4C[C@H](C)C[C@H](C)C4)ncc3Cl)ccc2n(C(C)C)c1=O. The molecule has 0 amide bonds. The quantitative estimate of drug-likeness (QED) is 0.420. The van der Waals surface area contributed by atoms with Crippen molar-refractivity contribution in [3.8, 4) is 5.75 Å². The van der Waals surface area contributed by atoms with Crippen molar-refractivity contribution < 1.29 is 9.53 Å². The van der Waals surface area contributed by atoms with Crippen LogP contribution in [0, 0.1) is 11.8 Å². The predicted octanol–water partition coefficient (Wildman–Crippen LogP) is 5.61. The highest BCUT2D eigenvalue weighted by molar-refractivity contribution is 6.32. The fourth-order valence-electron chi connectivity index (χ4n) is 4.84. The van der Waals surface area contributed by atoms with Crippen LogP contribution >= 0.6 is 11.6 Å². The Labute approximate surface area is 216 Å². The number of rotatable bonds is 8. The van der Waals surface area contributed by atoms with Gasteiger partial charge in [-0.1, -0.05) is 32.4 Å². The third kappa shape index (κ3) is 5.64. The van der Waals surface area contributed by atoms with Gasteiger partial charge >= 0.3 is 0 Å². The number of aromatic nitrogens is 3. The van der Waals surface area contributed by atoms with Gasteiger partial charge in [0.2, 0.25) is 5.95 Å². The number of hydrogen-bond acceptors (Lipinski definition) is 7. The van der Waals surface area contributed by atoms with Crippen LogP contribution in [0.25, 0.3) is 10.9 Å². The van der Waals surface area contributed by atoms with E-state index in [2.05, 4.69) is 29.0 Å². The Morgan fingerprint density at radius 3 is 2.61 bits per heavy atom. The van der Waals surface area contributed by atoms with Crippen molar-refractivity contribution >= 4 is 45.7 Å². The molecule has 1 aliphatic heterocycles. The number of ketones is 1. The summed E-state index contributed by atoms with van der Waals surface area (Å²) in [5, 5.41) is 4.54. The van der Waals surface area contributed by atoms with E-state index >= 15 is 0 Å². The van der Waals surface area contributed by atoms with E-state index in [9.17, 15) is 9.59 Å². The van der Waals surface area contributed by atoms with Gasteiger partial charge in [0.1, 0.15) is 11.6 Å².